The molecular formula is C14H23N3O3S. The van der Waals surface area contributed by atoms with Crippen molar-refractivity contribution in [3.8, 4) is 0 Å². The number of sulfonamides is 1. The first-order valence-corrected chi connectivity index (χ1v) is 8.30. The van der Waals surface area contributed by atoms with Gasteiger partial charge in [0.05, 0.1) is 4.90 Å². The molecule has 1 unspecified atom stereocenters. The third-order valence-corrected chi connectivity index (χ3v) is 4.65. The van der Waals surface area contributed by atoms with Crippen molar-refractivity contribution in [1.29, 1.82) is 0 Å². The lowest BCUT2D eigenvalue weighted by Gasteiger charge is -2.20. The Labute approximate surface area is 126 Å². The standard InChI is InChI=1S/C14H23N3O3S/c1-10(2)14(8-15)17-21(19,20)13-6-4-12(5-7-13)9-16-11(3)18/h4-7,10,14,17H,8-9,15H2,1-3H3,(H,16,18). The van der Waals surface area contributed by atoms with E-state index in [-0.39, 0.29) is 29.3 Å². The van der Waals surface area contributed by atoms with Crippen LogP contribution in [0.4, 0.5) is 0 Å². The molecule has 0 spiro atoms. The molecule has 0 saturated heterocycles. The van der Waals surface area contributed by atoms with Gasteiger partial charge in [-0.1, -0.05) is 26.0 Å². The fourth-order valence-electron chi connectivity index (χ4n) is 1.74. The number of rotatable bonds is 7. The molecule has 0 aliphatic heterocycles. The summed E-state index contributed by atoms with van der Waals surface area (Å²) in [5.74, 6) is -0.0140. The predicted octanol–water partition coefficient (Wildman–Crippen LogP) is 0.584. The summed E-state index contributed by atoms with van der Waals surface area (Å²) < 4.78 is 27.1. The summed E-state index contributed by atoms with van der Waals surface area (Å²) in [4.78, 5) is 11.0. The van der Waals surface area contributed by atoms with E-state index in [0.29, 0.717) is 6.54 Å². The van der Waals surface area contributed by atoms with Gasteiger partial charge in [0, 0.05) is 26.1 Å². The quantitative estimate of drug-likeness (QED) is 0.685. The fraction of sp³-hybridized carbons (Fsp3) is 0.500. The van der Waals surface area contributed by atoms with E-state index in [1.54, 1.807) is 12.1 Å². The first kappa shape index (κ1) is 17.6. The molecule has 0 fully saturated rings. The topological polar surface area (TPSA) is 101 Å². The summed E-state index contributed by atoms with van der Waals surface area (Å²) in [7, 11) is -3.58. The monoisotopic (exact) mass is 313 g/mol. The summed E-state index contributed by atoms with van der Waals surface area (Å²) >= 11 is 0. The van der Waals surface area contributed by atoms with Gasteiger partial charge < -0.3 is 11.1 Å². The van der Waals surface area contributed by atoms with Crippen LogP contribution in [0.15, 0.2) is 29.2 Å². The van der Waals surface area contributed by atoms with Crippen LogP contribution in [0.5, 0.6) is 0 Å². The zero-order chi connectivity index (χ0) is 16.0. The largest absolute Gasteiger partial charge is 0.352 e. The number of carbonyl (C=O) groups is 1. The first-order valence-electron chi connectivity index (χ1n) is 6.82. The Morgan fingerprint density at radius 3 is 2.24 bits per heavy atom. The molecule has 0 aromatic heterocycles. The summed E-state index contributed by atoms with van der Waals surface area (Å²) in [5.41, 5.74) is 6.42. The Balaban J connectivity index is 2.82. The van der Waals surface area contributed by atoms with Crippen LogP contribution in [-0.2, 0) is 21.4 Å². The first-order chi connectivity index (χ1) is 9.76. The Hall–Kier alpha value is -1.44. The van der Waals surface area contributed by atoms with Gasteiger partial charge in [-0.15, -0.1) is 0 Å². The number of nitrogens with one attached hydrogen (secondary N) is 2. The molecule has 1 atom stereocenters. The van der Waals surface area contributed by atoms with Crippen LogP contribution in [0.3, 0.4) is 0 Å². The molecule has 118 valence electrons. The normalized spacial score (nSPS) is 13.2. The maximum Gasteiger partial charge on any atom is 0.240 e. The predicted molar refractivity (Wildman–Crippen MR) is 82.0 cm³/mol. The van der Waals surface area contributed by atoms with E-state index in [4.69, 9.17) is 5.73 Å². The summed E-state index contributed by atoms with van der Waals surface area (Å²) in [6.07, 6.45) is 0. The van der Waals surface area contributed by atoms with Gasteiger partial charge in [0.1, 0.15) is 0 Å². The van der Waals surface area contributed by atoms with E-state index in [1.165, 1.54) is 19.1 Å². The second-order valence-corrected chi connectivity index (χ2v) is 6.98. The smallest absolute Gasteiger partial charge is 0.240 e. The highest BCUT2D eigenvalue weighted by Gasteiger charge is 2.21. The van der Waals surface area contributed by atoms with Crippen LogP contribution in [0, 0.1) is 5.92 Å². The number of nitrogens with two attached hydrogens (primary N) is 1. The molecule has 0 aliphatic rings. The van der Waals surface area contributed by atoms with E-state index in [0.717, 1.165) is 5.56 Å². The molecular weight excluding hydrogens is 290 g/mol. The molecule has 0 aliphatic carbocycles. The van der Waals surface area contributed by atoms with E-state index in [2.05, 4.69) is 10.0 Å². The SMILES string of the molecule is CC(=O)NCc1ccc(S(=O)(=O)NC(CN)C(C)C)cc1. The van der Waals surface area contributed by atoms with E-state index in [9.17, 15) is 13.2 Å². The number of hydrogen-bond acceptors (Lipinski definition) is 4. The zero-order valence-electron chi connectivity index (χ0n) is 12.6. The van der Waals surface area contributed by atoms with Crippen molar-refractivity contribution in [1.82, 2.24) is 10.0 Å². The van der Waals surface area contributed by atoms with Gasteiger partial charge in [0.2, 0.25) is 15.9 Å². The van der Waals surface area contributed by atoms with Gasteiger partial charge in [-0.25, -0.2) is 13.1 Å². The molecule has 4 N–H and O–H groups in total. The van der Waals surface area contributed by atoms with Crippen molar-refractivity contribution in [2.75, 3.05) is 6.54 Å². The third kappa shape index (κ3) is 5.45. The molecule has 0 heterocycles. The van der Waals surface area contributed by atoms with Crippen LogP contribution < -0.4 is 15.8 Å². The molecule has 1 amide bonds. The molecule has 21 heavy (non-hydrogen) atoms. The summed E-state index contributed by atoms with van der Waals surface area (Å²) in [6.45, 7) is 5.88. The molecule has 1 aromatic carbocycles. The van der Waals surface area contributed by atoms with Crippen molar-refractivity contribution in [2.45, 2.75) is 38.3 Å². The average Bonchev–Trinajstić information content (AvgIpc) is 2.42. The van der Waals surface area contributed by atoms with Crippen LogP contribution in [0.25, 0.3) is 0 Å². The van der Waals surface area contributed by atoms with Gasteiger partial charge in [-0.3, -0.25) is 4.79 Å². The Kier molecular flexibility index (Phi) is 6.32. The molecule has 0 bridgehead atoms. The molecule has 7 heteroatoms. The highest BCUT2D eigenvalue weighted by molar-refractivity contribution is 7.89. The second-order valence-electron chi connectivity index (χ2n) is 5.26. The highest BCUT2D eigenvalue weighted by Crippen LogP contribution is 2.12. The summed E-state index contributed by atoms with van der Waals surface area (Å²) in [6, 6.07) is 6.10. The maximum absolute atomic E-state index is 12.2. The lowest BCUT2D eigenvalue weighted by molar-refractivity contribution is -0.119. The number of carbonyl (C=O) groups excluding carboxylic acids is 1. The van der Waals surface area contributed by atoms with E-state index >= 15 is 0 Å². The minimum atomic E-state index is -3.58. The zero-order valence-corrected chi connectivity index (χ0v) is 13.4. The van der Waals surface area contributed by atoms with Crippen LogP contribution in [0.1, 0.15) is 26.3 Å². The van der Waals surface area contributed by atoms with Crippen LogP contribution in [0.2, 0.25) is 0 Å². The molecule has 0 radical (unpaired) electrons. The number of hydrogen-bond donors (Lipinski definition) is 3. The van der Waals surface area contributed by atoms with Crippen molar-refractivity contribution < 1.29 is 13.2 Å². The van der Waals surface area contributed by atoms with Gasteiger partial charge in [-0.05, 0) is 23.6 Å². The number of amides is 1. The molecule has 1 rings (SSSR count). The minimum Gasteiger partial charge on any atom is -0.352 e. The maximum atomic E-state index is 12.2. The number of benzene rings is 1. The molecule has 1 aromatic rings. The fourth-order valence-corrected chi connectivity index (χ4v) is 3.13. The molecule has 0 saturated carbocycles. The van der Waals surface area contributed by atoms with Crippen molar-refractivity contribution >= 4 is 15.9 Å². The Morgan fingerprint density at radius 1 is 1.24 bits per heavy atom. The third-order valence-electron chi connectivity index (χ3n) is 3.14. The van der Waals surface area contributed by atoms with Crippen molar-refractivity contribution in [3.05, 3.63) is 29.8 Å². The van der Waals surface area contributed by atoms with Gasteiger partial charge in [0.25, 0.3) is 0 Å². The van der Waals surface area contributed by atoms with E-state index < -0.39 is 10.0 Å². The van der Waals surface area contributed by atoms with Gasteiger partial charge in [-0.2, -0.15) is 0 Å². The highest BCUT2D eigenvalue weighted by atomic mass is 32.2. The van der Waals surface area contributed by atoms with Crippen LogP contribution >= 0.6 is 0 Å². The lowest BCUT2D eigenvalue weighted by atomic mass is 10.1. The van der Waals surface area contributed by atoms with Crippen LogP contribution in [-0.4, -0.2) is 26.9 Å². The lowest BCUT2D eigenvalue weighted by Crippen LogP contribution is -2.43. The van der Waals surface area contributed by atoms with E-state index in [1.807, 2.05) is 13.8 Å². The molecule has 6 nitrogen and oxygen atoms in total. The Morgan fingerprint density at radius 2 is 1.81 bits per heavy atom. The van der Waals surface area contributed by atoms with Crippen molar-refractivity contribution in [2.24, 2.45) is 11.7 Å². The van der Waals surface area contributed by atoms with Crippen molar-refractivity contribution in [3.63, 3.8) is 0 Å². The van der Waals surface area contributed by atoms with Gasteiger partial charge in [0.15, 0.2) is 0 Å². The van der Waals surface area contributed by atoms with Gasteiger partial charge >= 0.3 is 0 Å². The summed E-state index contributed by atoms with van der Waals surface area (Å²) in [5, 5.41) is 2.66. The second kappa shape index (κ2) is 7.53. The Bertz CT molecular complexity index is 568. The average molecular weight is 313 g/mol. The minimum absolute atomic E-state index is 0.115.